The number of furan rings is 1. The van der Waals surface area contributed by atoms with E-state index in [0.717, 1.165) is 22.1 Å². The van der Waals surface area contributed by atoms with Crippen LogP contribution in [0.25, 0.3) is 0 Å². The largest absolute Gasteiger partial charge is 0.467 e. The lowest BCUT2D eigenvalue weighted by atomic mass is 10.1. The number of hydrogen-bond donors (Lipinski definition) is 0. The molecule has 6 heteroatoms. The zero-order valence-corrected chi connectivity index (χ0v) is 21.1. The summed E-state index contributed by atoms with van der Waals surface area (Å²) in [7, 11) is -3.09. The summed E-state index contributed by atoms with van der Waals surface area (Å²) in [4.78, 5) is 17.3. The van der Waals surface area contributed by atoms with Gasteiger partial charge in [0.15, 0.2) is 7.14 Å². The van der Waals surface area contributed by atoms with E-state index in [1.54, 1.807) is 11.2 Å². The van der Waals surface area contributed by atoms with Gasteiger partial charge < -0.3 is 18.8 Å². The van der Waals surface area contributed by atoms with Crippen molar-refractivity contribution in [3.8, 4) is 0 Å². The first-order chi connectivity index (χ1) is 17.1. The van der Waals surface area contributed by atoms with E-state index in [0.29, 0.717) is 25.2 Å². The molecule has 0 bridgehead atoms. The lowest BCUT2D eigenvalue weighted by molar-refractivity contribution is 0.0773. The van der Waals surface area contributed by atoms with Crippen LogP contribution in [-0.2, 0) is 11.1 Å². The van der Waals surface area contributed by atoms with Gasteiger partial charge in [0.2, 0.25) is 0 Å². The van der Waals surface area contributed by atoms with Crippen molar-refractivity contribution in [2.45, 2.75) is 20.4 Å². The summed E-state index contributed by atoms with van der Waals surface area (Å²) in [6.07, 6.45) is 1.86. The van der Waals surface area contributed by atoms with Gasteiger partial charge in [-0.2, -0.15) is 0 Å². The fourth-order valence-corrected chi connectivity index (χ4v) is 6.97. The van der Waals surface area contributed by atoms with Crippen LogP contribution in [0.2, 0.25) is 0 Å². The molecule has 180 valence electrons. The summed E-state index contributed by atoms with van der Waals surface area (Å²) in [6.45, 7) is 5.58. The molecule has 0 fully saturated rings. The van der Waals surface area contributed by atoms with Crippen LogP contribution in [0.4, 0.5) is 5.69 Å². The van der Waals surface area contributed by atoms with Gasteiger partial charge in [0.1, 0.15) is 5.76 Å². The molecule has 5 nitrogen and oxygen atoms in total. The normalized spacial score (nSPS) is 11.3. The number of amides is 1. The van der Waals surface area contributed by atoms with Crippen molar-refractivity contribution in [3.05, 3.63) is 115 Å². The topological polar surface area (TPSA) is 53.8 Å². The van der Waals surface area contributed by atoms with Crippen LogP contribution in [0.3, 0.4) is 0 Å². The maximum Gasteiger partial charge on any atom is 0.255 e. The highest BCUT2D eigenvalue weighted by atomic mass is 31.2. The Balaban J connectivity index is 1.84. The zero-order valence-electron chi connectivity index (χ0n) is 20.2. The molecular formula is C29H31N2O3P. The third kappa shape index (κ3) is 5.41. The van der Waals surface area contributed by atoms with E-state index in [1.807, 2.05) is 116 Å². The highest BCUT2D eigenvalue weighted by molar-refractivity contribution is 7.78. The van der Waals surface area contributed by atoms with Gasteiger partial charge in [-0.25, -0.2) is 0 Å². The van der Waals surface area contributed by atoms with E-state index < -0.39 is 7.14 Å². The van der Waals surface area contributed by atoms with Crippen LogP contribution in [0.15, 0.2) is 108 Å². The Morgan fingerprint density at radius 2 is 1.34 bits per heavy atom. The van der Waals surface area contributed by atoms with E-state index in [1.165, 1.54) is 0 Å². The van der Waals surface area contributed by atoms with Crippen molar-refractivity contribution in [2.24, 2.45) is 0 Å². The van der Waals surface area contributed by atoms with Gasteiger partial charge >= 0.3 is 0 Å². The molecule has 0 spiro atoms. The molecule has 3 aromatic carbocycles. The number of carbonyl (C=O) groups is 1. The molecule has 4 rings (SSSR count). The first-order valence-electron chi connectivity index (χ1n) is 11.9. The van der Waals surface area contributed by atoms with Gasteiger partial charge in [0.05, 0.1) is 30.3 Å². The highest BCUT2D eigenvalue weighted by Crippen LogP contribution is 2.45. The first-order valence-corrected chi connectivity index (χ1v) is 13.8. The van der Waals surface area contributed by atoms with Crippen LogP contribution >= 0.6 is 7.14 Å². The number of carbonyl (C=O) groups excluding carboxylic acids is 1. The molecule has 0 radical (unpaired) electrons. The highest BCUT2D eigenvalue weighted by Gasteiger charge is 2.32. The fourth-order valence-electron chi connectivity index (χ4n) is 4.30. The molecule has 1 aromatic heterocycles. The summed E-state index contributed by atoms with van der Waals surface area (Å²) in [5.41, 5.74) is 1.34. The molecule has 0 saturated heterocycles. The predicted octanol–water partition coefficient (Wildman–Crippen LogP) is 5.74. The average Bonchev–Trinajstić information content (AvgIpc) is 3.43. The molecule has 0 aliphatic carbocycles. The molecule has 0 aliphatic rings. The Bertz CT molecular complexity index is 1230. The Kier molecular flexibility index (Phi) is 7.89. The predicted molar refractivity (Wildman–Crippen MR) is 143 cm³/mol. The number of para-hydroxylation sites is 1. The van der Waals surface area contributed by atoms with E-state index >= 15 is 0 Å². The summed E-state index contributed by atoms with van der Waals surface area (Å²) >= 11 is 0. The number of rotatable bonds is 10. The Morgan fingerprint density at radius 1 is 0.771 bits per heavy atom. The second-order valence-corrected chi connectivity index (χ2v) is 11.1. The Labute approximate surface area is 207 Å². The van der Waals surface area contributed by atoms with Crippen molar-refractivity contribution < 1.29 is 13.8 Å². The van der Waals surface area contributed by atoms with Crippen molar-refractivity contribution in [1.29, 1.82) is 0 Å². The second-order valence-electron chi connectivity index (χ2n) is 8.32. The quantitative estimate of drug-likeness (QED) is 0.268. The lowest BCUT2D eigenvalue weighted by Crippen LogP contribution is -2.34. The standard InChI is InChI=1S/C29H31N2O3P/c1-3-30(4-2)29(32)27-19-11-12-20-28(27)31(22-24-14-13-21-34-24)23-35(33,25-15-7-5-8-16-25)26-17-9-6-10-18-26/h5-21H,3-4,22-23H2,1-2H3. The summed E-state index contributed by atoms with van der Waals surface area (Å²) in [5, 5.41) is 1.56. The van der Waals surface area contributed by atoms with Crippen LogP contribution in [0.5, 0.6) is 0 Å². The molecule has 1 amide bonds. The van der Waals surface area contributed by atoms with Gasteiger partial charge in [0.25, 0.3) is 5.91 Å². The maximum atomic E-state index is 14.9. The van der Waals surface area contributed by atoms with Crippen LogP contribution in [-0.4, -0.2) is 30.2 Å². The van der Waals surface area contributed by atoms with Gasteiger partial charge in [-0.05, 0) is 38.1 Å². The average molecular weight is 487 g/mol. The first kappa shape index (κ1) is 24.6. The molecule has 0 atom stereocenters. The van der Waals surface area contributed by atoms with Crippen molar-refractivity contribution in [1.82, 2.24) is 4.90 Å². The van der Waals surface area contributed by atoms with Gasteiger partial charge in [0, 0.05) is 23.7 Å². The van der Waals surface area contributed by atoms with E-state index in [-0.39, 0.29) is 12.2 Å². The third-order valence-corrected chi connectivity index (χ3v) is 9.17. The fraction of sp³-hybridized carbons (Fsp3) is 0.207. The Morgan fingerprint density at radius 3 is 1.89 bits per heavy atom. The van der Waals surface area contributed by atoms with Gasteiger partial charge in [-0.15, -0.1) is 0 Å². The van der Waals surface area contributed by atoms with Crippen molar-refractivity contribution in [2.75, 3.05) is 24.3 Å². The summed E-state index contributed by atoms with van der Waals surface area (Å²) < 4.78 is 20.6. The third-order valence-electron chi connectivity index (χ3n) is 6.17. The second kappa shape index (κ2) is 11.2. The number of benzene rings is 3. The molecule has 35 heavy (non-hydrogen) atoms. The molecule has 0 N–H and O–H groups in total. The van der Waals surface area contributed by atoms with Crippen LogP contribution in [0.1, 0.15) is 30.0 Å². The van der Waals surface area contributed by atoms with Crippen LogP contribution < -0.4 is 15.5 Å². The van der Waals surface area contributed by atoms with Gasteiger partial charge in [-0.3, -0.25) is 4.79 Å². The van der Waals surface area contributed by atoms with Crippen LogP contribution in [0, 0.1) is 0 Å². The van der Waals surface area contributed by atoms with Gasteiger partial charge in [-0.1, -0.05) is 72.8 Å². The molecular weight excluding hydrogens is 455 g/mol. The lowest BCUT2D eigenvalue weighted by Gasteiger charge is -2.32. The number of hydrogen-bond acceptors (Lipinski definition) is 4. The monoisotopic (exact) mass is 486 g/mol. The zero-order chi connectivity index (χ0) is 24.7. The summed E-state index contributed by atoms with van der Waals surface area (Å²) in [5.74, 6) is 0.701. The van der Waals surface area contributed by atoms with E-state index in [4.69, 9.17) is 4.42 Å². The molecule has 4 aromatic rings. The smallest absolute Gasteiger partial charge is 0.255 e. The maximum absolute atomic E-state index is 14.9. The number of nitrogens with zero attached hydrogens (tertiary/aromatic N) is 2. The SMILES string of the molecule is CCN(CC)C(=O)c1ccccc1N(Cc1ccco1)CP(=O)(c1ccccc1)c1ccccc1. The number of anilines is 1. The minimum Gasteiger partial charge on any atom is -0.467 e. The van der Waals surface area contributed by atoms with Crippen molar-refractivity contribution in [3.63, 3.8) is 0 Å². The molecule has 0 saturated carbocycles. The molecule has 1 heterocycles. The Hall–Kier alpha value is -3.56. The van der Waals surface area contributed by atoms with Crippen molar-refractivity contribution >= 4 is 29.3 Å². The molecule has 0 unspecified atom stereocenters. The van der Waals surface area contributed by atoms with E-state index in [2.05, 4.69) is 0 Å². The minimum atomic E-state index is -3.09. The minimum absolute atomic E-state index is 0.0377. The van der Waals surface area contributed by atoms with E-state index in [9.17, 15) is 9.36 Å². The summed E-state index contributed by atoms with van der Waals surface area (Å²) in [6, 6.07) is 30.5. The molecule has 0 aliphatic heterocycles.